The second kappa shape index (κ2) is 9.54. The minimum atomic E-state index is -0.443. The molecule has 1 aromatic heterocycles. The Morgan fingerprint density at radius 2 is 1.89 bits per heavy atom. The zero-order chi connectivity index (χ0) is 20.0. The summed E-state index contributed by atoms with van der Waals surface area (Å²) >= 11 is 5.20. The van der Waals surface area contributed by atoms with Crippen molar-refractivity contribution in [1.29, 1.82) is 0 Å². The van der Waals surface area contributed by atoms with Gasteiger partial charge in [-0.25, -0.2) is 4.79 Å². The van der Waals surface area contributed by atoms with Crippen LogP contribution in [0.2, 0.25) is 0 Å². The maximum Gasteiger partial charge on any atom is 0.409 e. The van der Waals surface area contributed by atoms with E-state index in [0.29, 0.717) is 37.9 Å². The summed E-state index contributed by atoms with van der Waals surface area (Å²) in [6.45, 7) is 10.4. The number of hydrogen-bond acceptors (Lipinski definition) is 5. The van der Waals surface area contributed by atoms with Crippen molar-refractivity contribution in [3.63, 3.8) is 0 Å². The predicted octanol–water partition coefficient (Wildman–Crippen LogP) is 1.36. The van der Waals surface area contributed by atoms with Crippen molar-refractivity contribution in [3.05, 3.63) is 11.9 Å². The highest BCUT2D eigenvalue weighted by atomic mass is 32.1. The van der Waals surface area contributed by atoms with E-state index < -0.39 is 6.04 Å². The number of aromatic nitrogens is 2. The normalized spacial score (nSPS) is 15.3. The van der Waals surface area contributed by atoms with Crippen LogP contribution in [0, 0.1) is 6.92 Å². The van der Waals surface area contributed by atoms with Crippen LogP contribution in [0.25, 0.3) is 0 Å². The van der Waals surface area contributed by atoms with Gasteiger partial charge in [0.25, 0.3) is 0 Å². The van der Waals surface area contributed by atoms with Crippen LogP contribution in [0.1, 0.15) is 32.5 Å². The van der Waals surface area contributed by atoms with Gasteiger partial charge in [-0.05, 0) is 39.9 Å². The van der Waals surface area contributed by atoms with Gasteiger partial charge in [0.1, 0.15) is 6.04 Å². The number of ether oxygens (including phenoxy) is 1. The molecule has 1 unspecified atom stereocenters. The van der Waals surface area contributed by atoms with Crippen LogP contribution in [0.3, 0.4) is 0 Å². The molecule has 9 nitrogen and oxygen atoms in total. The fourth-order valence-corrected chi connectivity index (χ4v) is 3.09. The Bertz CT molecular complexity index is 684. The molecule has 1 saturated heterocycles. The lowest BCUT2D eigenvalue weighted by atomic mass is 10.2. The number of carbonyl (C=O) groups is 2. The van der Waals surface area contributed by atoms with Crippen LogP contribution in [0.4, 0.5) is 10.5 Å². The van der Waals surface area contributed by atoms with Crippen molar-refractivity contribution in [1.82, 2.24) is 24.9 Å². The molecule has 0 spiro atoms. The summed E-state index contributed by atoms with van der Waals surface area (Å²) in [5, 5.41) is 11.1. The lowest BCUT2D eigenvalue weighted by Gasteiger charge is -2.35. The van der Waals surface area contributed by atoms with Crippen molar-refractivity contribution >= 4 is 35.0 Å². The largest absolute Gasteiger partial charge is 0.450 e. The first-order valence-electron chi connectivity index (χ1n) is 9.18. The number of nitrogens with one attached hydrogen (secondary N) is 2. The predicted molar refractivity (Wildman–Crippen MR) is 107 cm³/mol. The van der Waals surface area contributed by atoms with Gasteiger partial charge in [-0.1, -0.05) is 0 Å². The standard InChI is InChI=1S/C17H28N6O3S/c1-5-18-16(27)19-14-11-23(20-12(14)3)13(4)15(24)21-7-9-22(10-8-21)17(25)26-6-2/h11,13H,5-10H2,1-4H3,(H2,18,19,27). The molecule has 0 aliphatic carbocycles. The van der Waals surface area contributed by atoms with Gasteiger partial charge in [0, 0.05) is 38.9 Å². The second-order valence-corrected chi connectivity index (χ2v) is 6.69. The first kappa shape index (κ1) is 20.9. The summed E-state index contributed by atoms with van der Waals surface area (Å²) in [5.41, 5.74) is 1.54. The summed E-state index contributed by atoms with van der Waals surface area (Å²) in [6, 6.07) is -0.443. The van der Waals surface area contributed by atoms with E-state index in [9.17, 15) is 9.59 Å². The third-order valence-corrected chi connectivity index (χ3v) is 4.62. The number of hydrogen-bond donors (Lipinski definition) is 2. The maximum absolute atomic E-state index is 12.8. The number of piperazine rings is 1. The zero-order valence-corrected chi connectivity index (χ0v) is 17.1. The van der Waals surface area contributed by atoms with Crippen LogP contribution >= 0.6 is 12.2 Å². The molecule has 2 rings (SSSR count). The monoisotopic (exact) mass is 396 g/mol. The van der Waals surface area contributed by atoms with E-state index >= 15 is 0 Å². The van der Waals surface area contributed by atoms with Gasteiger partial charge in [0.2, 0.25) is 5.91 Å². The molecule has 0 bridgehead atoms. The van der Waals surface area contributed by atoms with Crippen molar-refractivity contribution in [2.24, 2.45) is 0 Å². The lowest BCUT2D eigenvalue weighted by molar-refractivity contribution is -0.136. The summed E-state index contributed by atoms with van der Waals surface area (Å²) in [7, 11) is 0. The lowest BCUT2D eigenvalue weighted by Crippen LogP contribution is -2.52. The number of aryl methyl sites for hydroxylation is 1. The SMILES string of the molecule is CCNC(=S)Nc1cn(C(C)C(=O)N2CCN(C(=O)OCC)CC2)nc1C. The molecule has 27 heavy (non-hydrogen) atoms. The summed E-state index contributed by atoms with van der Waals surface area (Å²) in [5.74, 6) is -0.0261. The number of anilines is 1. The van der Waals surface area contributed by atoms with Gasteiger partial charge >= 0.3 is 6.09 Å². The number of amides is 2. The highest BCUT2D eigenvalue weighted by molar-refractivity contribution is 7.80. The third kappa shape index (κ3) is 5.31. The van der Waals surface area contributed by atoms with E-state index in [1.807, 2.05) is 20.8 Å². The molecule has 0 radical (unpaired) electrons. The zero-order valence-electron chi connectivity index (χ0n) is 16.3. The minimum absolute atomic E-state index is 0.0261. The van der Waals surface area contributed by atoms with E-state index in [2.05, 4.69) is 15.7 Å². The van der Waals surface area contributed by atoms with Gasteiger partial charge in [0.05, 0.1) is 18.0 Å². The molecule has 2 heterocycles. The Labute approximate surface area is 165 Å². The average molecular weight is 397 g/mol. The summed E-state index contributed by atoms with van der Waals surface area (Å²) in [4.78, 5) is 28.0. The van der Waals surface area contributed by atoms with Crippen LogP contribution in [0.5, 0.6) is 0 Å². The van der Waals surface area contributed by atoms with E-state index in [1.165, 1.54) is 0 Å². The van der Waals surface area contributed by atoms with Crippen LogP contribution in [-0.2, 0) is 9.53 Å². The highest BCUT2D eigenvalue weighted by Gasteiger charge is 2.28. The Balaban J connectivity index is 1.96. The highest BCUT2D eigenvalue weighted by Crippen LogP contribution is 2.18. The molecular weight excluding hydrogens is 368 g/mol. The fourth-order valence-electron chi connectivity index (χ4n) is 2.83. The van der Waals surface area contributed by atoms with Crippen LogP contribution in [-0.4, -0.2) is 76.0 Å². The molecule has 2 amide bonds. The molecule has 0 saturated carbocycles. The number of thiocarbonyl (C=S) groups is 1. The third-order valence-electron chi connectivity index (χ3n) is 4.37. The van der Waals surface area contributed by atoms with Gasteiger partial charge in [-0.3, -0.25) is 9.48 Å². The minimum Gasteiger partial charge on any atom is -0.450 e. The Morgan fingerprint density at radius 1 is 1.26 bits per heavy atom. The number of carbonyl (C=O) groups excluding carboxylic acids is 2. The van der Waals surface area contributed by atoms with Gasteiger partial charge < -0.3 is 25.2 Å². The molecule has 10 heteroatoms. The molecule has 1 aliphatic heterocycles. The van der Waals surface area contributed by atoms with Crippen molar-refractivity contribution in [2.75, 3.05) is 44.6 Å². The quantitative estimate of drug-likeness (QED) is 0.726. The van der Waals surface area contributed by atoms with Crippen LogP contribution in [0.15, 0.2) is 6.20 Å². The Hall–Kier alpha value is -2.36. The van der Waals surface area contributed by atoms with E-state index in [0.717, 1.165) is 17.9 Å². The Morgan fingerprint density at radius 3 is 2.48 bits per heavy atom. The molecule has 1 aliphatic rings. The van der Waals surface area contributed by atoms with Crippen molar-refractivity contribution in [3.8, 4) is 0 Å². The molecule has 2 N–H and O–H groups in total. The van der Waals surface area contributed by atoms with Gasteiger partial charge in [-0.15, -0.1) is 0 Å². The smallest absolute Gasteiger partial charge is 0.409 e. The van der Waals surface area contributed by atoms with E-state index in [-0.39, 0.29) is 12.0 Å². The first-order chi connectivity index (χ1) is 12.9. The van der Waals surface area contributed by atoms with E-state index in [4.69, 9.17) is 17.0 Å². The second-order valence-electron chi connectivity index (χ2n) is 6.28. The molecule has 1 atom stereocenters. The Kier molecular flexibility index (Phi) is 7.40. The fraction of sp³-hybridized carbons (Fsp3) is 0.647. The number of nitrogens with zero attached hydrogens (tertiary/aromatic N) is 4. The van der Waals surface area contributed by atoms with Gasteiger partial charge in [-0.2, -0.15) is 5.10 Å². The van der Waals surface area contributed by atoms with Crippen LogP contribution < -0.4 is 10.6 Å². The van der Waals surface area contributed by atoms with Gasteiger partial charge in [0.15, 0.2) is 5.11 Å². The molecule has 150 valence electrons. The number of rotatable bonds is 5. The maximum atomic E-state index is 12.8. The first-order valence-corrected chi connectivity index (χ1v) is 9.59. The van der Waals surface area contributed by atoms with Crippen molar-refractivity contribution in [2.45, 2.75) is 33.7 Å². The summed E-state index contributed by atoms with van der Waals surface area (Å²) < 4.78 is 6.65. The molecular formula is C17H28N6O3S. The van der Waals surface area contributed by atoms with E-state index in [1.54, 1.807) is 27.6 Å². The molecule has 1 aromatic rings. The summed E-state index contributed by atoms with van der Waals surface area (Å²) in [6.07, 6.45) is 1.46. The molecule has 1 fully saturated rings. The molecule has 0 aromatic carbocycles. The average Bonchev–Trinajstić information content (AvgIpc) is 3.01. The van der Waals surface area contributed by atoms with Crippen molar-refractivity contribution < 1.29 is 14.3 Å². The topological polar surface area (TPSA) is 91.7 Å².